The summed E-state index contributed by atoms with van der Waals surface area (Å²) in [7, 11) is 0. The fourth-order valence-electron chi connectivity index (χ4n) is 2.46. The average Bonchev–Trinajstić information content (AvgIpc) is 2.39. The topological polar surface area (TPSA) is 60.4 Å². The molecule has 1 saturated heterocycles. The van der Waals surface area contributed by atoms with Crippen molar-refractivity contribution in [3.8, 4) is 0 Å². The molecule has 19 heavy (non-hydrogen) atoms. The fraction of sp³-hybridized carbons (Fsp3) is 0.467. The van der Waals surface area contributed by atoms with Gasteiger partial charge in [-0.3, -0.25) is 9.59 Å². The molecular weight excluding hydrogens is 242 g/mol. The lowest BCUT2D eigenvalue weighted by Gasteiger charge is -2.42. The third-order valence-electron chi connectivity index (χ3n) is 3.77. The first-order valence-corrected chi connectivity index (χ1v) is 6.54. The van der Waals surface area contributed by atoms with Crippen LogP contribution in [0.15, 0.2) is 24.3 Å². The van der Waals surface area contributed by atoms with Gasteiger partial charge in [0.1, 0.15) is 5.78 Å². The van der Waals surface area contributed by atoms with E-state index in [1.807, 2.05) is 19.1 Å². The molecule has 1 fully saturated rings. The Morgan fingerprint density at radius 2 is 1.89 bits per heavy atom. The van der Waals surface area contributed by atoms with Crippen LogP contribution in [0, 0.1) is 18.0 Å². The number of hydrogen-bond acceptors (Lipinski definition) is 4. The molecule has 0 N–H and O–H groups in total. The van der Waals surface area contributed by atoms with Gasteiger partial charge in [0.15, 0.2) is 5.78 Å². The Morgan fingerprint density at radius 1 is 1.26 bits per heavy atom. The van der Waals surface area contributed by atoms with Crippen molar-refractivity contribution in [2.75, 3.05) is 6.54 Å². The van der Waals surface area contributed by atoms with Crippen molar-refractivity contribution in [1.82, 2.24) is 5.06 Å². The Bertz CT molecular complexity index is 481. The van der Waals surface area contributed by atoms with Gasteiger partial charge in [0.25, 0.3) is 0 Å². The zero-order valence-electron chi connectivity index (χ0n) is 11.3. The monoisotopic (exact) mass is 260 g/mol. The van der Waals surface area contributed by atoms with Crippen LogP contribution in [0.3, 0.4) is 0 Å². The molecule has 4 nitrogen and oxygen atoms in total. The maximum Gasteiger partial charge on any atom is 0.179 e. The van der Waals surface area contributed by atoms with Gasteiger partial charge in [-0.15, -0.1) is 0 Å². The van der Waals surface area contributed by atoms with Crippen molar-refractivity contribution >= 4 is 11.6 Å². The minimum Gasteiger partial charge on any atom is -0.785 e. The SMILES string of the molecule is CC(=O)C1CCN([O-])C(C(=O)c2ccc(C)cc2)C1. The van der Waals surface area contributed by atoms with E-state index >= 15 is 0 Å². The normalized spacial score (nSPS) is 24.2. The average molecular weight is 260 g/mol. The van der Waals surface area contributed by atoms with Crippen LogP contribution >= 0.6 is 0 Å². The van der Waals surface area contributed by atoms with Gasteiger partial charge in [-0.05, 0) is 33.2 Å². The lowest BCUT2D eigenvalue weighted by Crippen LogP contribution is -2.45. The predicted octanol–water partition coefficient (Wildman–Crippen LogP) is 2.35. The van der Waals surface area contributed by atoms with Crippen molar-refractivity contribution in [1.29, 1.82) is 0 Å². The molecule has 0 saturated carbocycles. The van der Waals surface area contributed by atoms with E-state index in [0.29, 0.717) is 18.4 Å². The van der Waals surface area contributed by atoms with E-state index in [2.05, 4.69) is 0 Å². The number of aryl methyl sites for hydroxylation is 1. The molecule has 2 atom stereocenters. The van der Waals surface area contributed by atoms with Gasteiger partial charge in [0.05, 0.1) is 6.04 Å². The molecule has 4 heteroatoms. The van der Waals surface area contributed by atoms with Crippen molar-refractivity contribution in [3.63, 3.8) is 0 Å². The Hall–Kier alpha value is -1.52. The smallest absolute Gasteiger partial charge is 0.179 e. The molecule has 0 aliphatic carbocycles. The number of nitrogens with zero attached hydrogens (tertiary/aromatic N) is 1. The number of carbonyl (C=O) groups excluding carboxylic acids is 2. The summed E-state index contributed by atoms with van der Waals surface area (Å²) >= 11 is 0. The van der Waals surface area contributed by atoms with Crippen LogP contribution in [-0.4, -0.2) is 29.2 Å². The molecule has 1 aromatic carbocycles. The molecule has 1 aliphatic rings. The van der Waals surface area contributed by atoms with E-state index in [1.165, 1.54) is 6.92 Å². The molecule has 0 radical (unpaired) electrons. The van der Waals surface area contributed by atoms with Gasteiger partial charge in [-0.1, -0.05) is 29.8 Å². The van der Waals surface area contributed by atoms with Crippen LogP contribution in [0.2, 0.25) is 0 Å². The Balaban J connectivity index is 2.16. The molecule has 2 unspecified atom stereocenters. The maximum absolute atomic E-state index is 12.3. The molecule has 0 spiro atoms. The Labute approximate surface area is 113 Å². The van der Waals surface area contributed by atoms with Crippen molar-refractivity contribution in [3.05, 3.63) is 40.6 Å². The third-order valence-corrected chi connectivity index (χ3v) is 3.77. The number of benzene rings is 1. The number of hydrogen-bond donors (Lipinski definition) is 0. The van der Waals surface area contributed by atoms with Crippen LogP contribution in [0.4, 0.5) is 0 Å². The van der Waals surface area contributed by atoms with Crippen LogP contribution in [-0.2, 0) is 4.79 Å². The van der Waals surface area contributed by atoms with Gasteiger partial charge in [-0.25, -0.2) is 0 Å². The van der Waals surface area contributed by atoms with E-state index in [1.54, 1.807) is 12.1 Å². The summed E-state index contributed by atoms with van der Waals surface area (Å²) in [6.45, 7) is 3.73. The highest BCUT2D eigenvalue weighted by atomic mass is 16.5. The van der Waals surface area contributed by atoms with Crippen LogP contribution in [0.25, 0.3) is 0 Å². The van der Waals surface area contributed by atoms with Gasteiger partial charge < -0.3 is 10.3 Å². The van der Waals surface area contributed by atoms with E-state index in [0.717, 1.165) is 10.6 Å². The zero-order chi connectivity index (χ0) is 14.0. The molecule has 0 aromatic heterocycles. The lowest BCUT2D eigenvalue weighted by molar-refractivity contribution is -0.122. The second-order valence-corrected chi connectivity index (χ2v) is 5.22. The second kappa shape index (κ2) is 5.63. The first-order valence-electron chi connectivity index (χ1n) is 6.54. The first kappa shape index (κ1) is 13.9. The molecule has 2 rings (SSSR count). The van der Waals surface area contributed by atoms with Crippen molar-refractivity contribution in [2.24, 2.45) is 5.92 Å². The number of carbonyl (C=O) groups is 2. The highest BCUT2D eigenvalue weighted by molar-refractivity contribution is 6.00. The van der Waals surface area contributed by atoms with Crippen LogP contribution < -0.4 is 0 Å². The number of ketones is 2. The highest BCUT2D eigenvalue weighted by Gasteiger charge is 2.31. The summed E-state index contributed by atoms with van der Waals surface area (Å²) < 4.78 is 0. The van der Waals surface area contributed by atoms with Gasteiger partial charge in [0.2, 0.25) is 0 Å². The standard InChI is InChI=1S/C15H18NO3/c1-10-3-5-12(6-4-10)15(18)14-9-13(11(2)17)7-8-16(14)19/h3-6,13-14H,7-9H2,1-2H3/q-1. The molecule has 1 aromatic rings. The van der Waals surface area contributed by atoms with Gasteiger partial charge >= 0.3 is 0 Å². The Morgan fingerprint density at radius 3 is 2.47 bits per heavy atom. The molecule has 1 heterocycles. The predicted molar refractivity (Wildman–Crippen MR) is 72.8 cm³/mol. The second-order valence-electron chi connectivity index (χ2n) is 5.22. The summed E-state index contributed by atoms with van der Waals surface area (Å²) in [6, 6.07) is 6.47. The summed E-state index contributed by atoms with van der Waals surface area (Å²) in [5.74, 6) is -0.277. The molecule has 0 bridgehead atoms. The first-order chi connectivity index (χ1) is 8.99. The molecule has 1 aliphatic heterocycles. The highest BCUT2D eigenvalue weighted by Crippen LogP contribution is 2.25. The molecule has 0 amide bonds. The van der Waals surface area contributed by atoms with E-state index in [-0.39, 0.29) is 24.0 Å². The molecular formula is C15H18NO3-. The minimum absolute atomic E-state index is 0.0646. The van der Waals surface area contributed by atoms with Gasteiger partial charge in [0, 0.05) is 11.5 Å². The Kier molecular flexibility index (Phi) is 4.12. The maximum atomic E-state index is 12.3. The fourth-order valence-corrected chi connectivity index (χ4v) is 2.46. The minimum atomic E-state index is -0.717. The quantitative estimate of drug-likeness (QED) is 0.783. The third kappa shape index (κ3) is 3.08. The zero-order valence-corrected chi connectivity index (χ0v) is 11.3. The largest absolute Gasteiger partial charge is 0.785 e. The van der Waals surface area contributed by atoms with Crippen molar-refractivity contribution < 1.29 is 9.59 Å². The number of Topliss-reactive ketones (excluding diaryl/α,β-unsaturated/α-hetero) is 2. The summed E-state index contributed by atoms with van der Waals surface area (Å²) in [5.41, 5.74) is 1.61. The van der Waals surface area contributed by atoms with Crippen LogP contribution in [0.5, 0.6) is 0 Å². The molecule has 102 valence electrons. The number of hydroxylamine groups is 2. The van der Waals surface area contributed by atoms with E-state index in [4.69, 9.17) is 0 Å². The van der Waals surface area contributed by atoms with Crippen molar-refractivity contribution in [2.45, 2.75) is 32.7 Å². The van der Waals surface area contributed by atoms with E-state index in [9.17, 15) is 14.8 Å². The summed E-state index contributed by atoms with van der Waals surface area (Å²) in [5, 5.41) is 12.6. The van der Waals surface area contributed by atoms with Crippen LogP contribution in [0.1, 0.15) is 35.7 Å². The number of rotatable bonds is 3. The number of piperidine rings is 1. The summed E-state index contributed by atoms with van der Waals surface area (Å²) in [4.78, 5) is 23.8. The lowest BCUT2D eigenvalue weighted by atomic mass is 9.86. The summed E-state index contributed by atoms with van der Waals surface area (Å²) in [6.07, 6.45) is 0.891. The van der Waals surface area contributed by atoms with E-state index < -0.39 is 6.04 Å². The van der Waals surface area contributed by atoms with Gasteiger partial charge in [-0.2, -0.15) is 0 Å².